The van der Waals surface area contributed by atoms with Gasteiger partial charge in [-0.15, -0.1) is 0 Å². The molecule has 0 spiro atoms. The van der Waals surface area contributed by atoms with Gasteiger partial charge < -0.3 is 24.1 Å². The van der Waals surface area contributed by atoms with Gasteiger partial charge in [-0.2, -0.15) is 0 Å². The quantitative estimate of drug-likeness (QED) is 0.0801. The van der Waals surface area contributed by atoms with Crippen molar-refractivity contribution in [3.05, 3.63) is 23.8 Å². The molecule has 2 N–H and O–H groups in total. The van der Waals surface area contributed by atoms with Crippen LogP contribution in [0.1, 0.15) is 112 Å². The summed E-state index contributed by atoms with van der Waals surface area (Å²) in [7, 11) is 0. The van der Waals surface area contributed by atoms with Crippen molar-refractivity contribution in [2.75, 3.05) is 0 Å². The van der Waals surface area contributed by atoms with Gasteiger partial charge in [0.15, 0.2) is 11.5 Å². The monoisotopic (exact) mass is 579 g/mol. The van der Waals surface area contributed by atoms with Crippen molar-refractivity contribution >= 4 is 24.1 Å². The minimum absolute atomic E-state index is 0.00361. The summed E-state index contributed by atoms with van der Waals surface area (Å²) >= 11 is 0. The second-order valence-corrected chi connectivity index (χ2v) is 10.8. The van der Waals surface area contributed by atoms with Gasteiger partial charge in [-0.3, -0.25) is 14.9 Å². The van der Waals surface area contributed by atoms with Gasteiger partial charge in [-0.25, -0.2) is 9.59 Å². The largest absolute Gasteiger partial charge is 0.510 e. The molecule has 232 valence electrons. The molecule has 3 atom stereocenters. The van der Waals surface area contributed by atoms with E-state index >= 15 is 0 Å². The lowest BCUT2D eigenvalue weighted by molar-refractivity contribution is -0.168. The average molecular weight is 580 g/mol. The molecule has 1 rings (SSSR count). The predicted octanol–water partition coefficient (Wildman–Crippen LogP) is 6.57. The van der Waals surface area contributed by atoms with Crippen molar-refractivity contribution in [3.8, 4) is 11.5 Å². The van der Waals surface area contributed by atoms with Gasteiger partial charge >= 0.3 is 24.1 Å². The number of ether oxygens (including phenoxy) is 4. The molecule has 0 radical (unpaired) electrons. The maximum absolute atomic E-state index is 12.7. The number of rotatable bonds is 19. The number of hydrogen-bond donors (Lipinski definition) is 2. The minimum Gasteiger partial charge on any atom is -0.477 e. The molecule has 0 saturated heterocycles. The molecule has 2 unspecified atom stereocenters. The first-order valence-corrected chi connectivity index (χ1v) is 14.8. The Morgan fingerprint density at radius 1 is 0.854 bits per heavy atom. The lowest BCUT2D eigenvalue weighted by atomic mass is 10.00. The lowest BCUT2D eigenvalue weighted by Crippen LogP contribution is -2.59. The molecule has 0 fully saturated rings. The first-order valence-electron chi connectivity index (χ1n) is 14.8. The highest BCUT2D eigenvalue weighted by molar-refractivity contribution is 5.81. The van der Waals surface area contributed by atoms with E-state index in [0.717, 1.165) is 25.7 Å². The van der Waals surface area contributed by atoms with Crippen LogP contribution in [0.25, 0.3) is 0 Å². The Morgan fingerprint density at radius 3 is 1.90 bits per heavy atom. The lowest BCUT2D eigenvalue weighted by Gasteiger charge is -2.33. The Hall–Kier alpha value is -3.14. The molecule has 1 aromatic carbocycles. The third-order valence-corrected chi connectivity index (χ3v) is 6.79. The standard InChI is InChI=1S/C31H49NO9/c1-8-11-13-15-27(33)39-25-18-17-24(19-26(25)40-28(34)16-14-12-9-2)20-31(29(35)36,32-22(6)10-3)41-30(37)38-23(7)21(4)5/h17-19,21-23,32H,8-16,20H2,1-7H3,(H,35,36)/t22?,23?,31-/m0/s1. The van der Waals surface area contributed by atoms with Gasteiger partial charge in [0.05, 0.1) is 0 Å². The molecule has 10 heteroatoms. The highest BCUT2D eigenvalue weighted by Gasteiger charge is 2.45. The summed E-state index contributed by atoms with van der Waals surface area (Å²) in [5, 5.41) is 13.2. The summed E-state index contributed by atoms with van der Waals surface area (Å²) in [6, 6.07) is 4.11. The van der Waals surface area contributed by atoms with Gasteiger partial charge in [0.2, 0.25) is 0 Å². The third kappa shape index (κ3) is 12.9. The summed E-state index contributed by atoms with van der Waals surface area (Å²) < 4.78 is 21.9. The minimum atomic E-state index is -2.18. The molecule has 0 bridgehead atoms. The maximum atomic E-state index is 12.7. The van der Waals surface area contributed by atoms with E-state index in [-0.39, 0.29) is 42.7 Å². The third-order valence-electron chi connectivity index (χ3n) is 6.79. The average Bonchev–Trinajstić information content (AvgIpc) is 2.90. The second kappa shape index (κ2) is 18.3. The number of carboxylic acid groups (broad SMARTS) is 1. The topological polar surface area (TPSA) is 137 Å². The van der Waals surface area contributed by atoms with E-state index in [1.165, 1.54) is 12.1 Å². The molecular weight excluding hydrogens is 530 g/mol. The van der Waals surface area contributed by atoms with Crippen molar-refractivity contribution in [2.45, 2.75) is 131 Å². The molecule has 1 aromatic rings. The highest BCUT2D eigenvalue weighted by Crippen LogP contribution is 2.32. The van der Waals surface area contributed by atoms with E-state index in [9.17, 15) is 24.3 Å². The summed E-state index contributed by atoms with van der Waals surface area (Å²) in [4.78, 5) is 50.3. The van der Waals surface area contributed by atoms with Crippen LogP contribution in [-0.4, -0.2) is 47.0 Å². The van der Waals surface area contributed by atoms with Crippen molar-refractivity contribution in [1.29, 1.82) is 0 Å². The Morgan fingerprint density at radius 2 is 1.41 bits per heavy atom. The van der Waals surface area contributed by atoms with E-state index in [2.05, 4.69) is 5.32 Å². The number of carboxylic acids is 1. The smallest absolute Gasteiger partial charge is 0.477 e. The zero-order valence-corrected chi connectivity index (χ0v) is 25.7. The number of nitrogens with one attached hydrogen (secondary N) is 1. The van der Waals surface area contributed by atoms with Gasteiger partial charge in [-0.05, 0) is 56.7 Å². The molecule has 0 aliphatic carbocycles. The molecule has 0 aliphatic rings. The summed E-state index contributed by atoms with van der Waals surface area (Å²) in [6.45, 7) is 13.1. The fourth-order valence-electron chi connectivity index (χ4n) is 3.75. The second-order valence-electron chi connectivity index (χ2n) is 10.8. The Kier molecular flexibility index (Phi) is 16.0. The van der Waals surface area contributed by atoms with Crippen LogP contribution in [0.5, 0.6) is 11.5 Å². The summed E-state index contributed by atoms with van der Waals surface area (Å²) in [6.07, 6.45) is 3.96. The van der Waals surface area contributed by atoms with Crippen LogP contribution in [0.15, 0.2) is 18.2 Å². The normalized spacial score (nSPS) is 14.0. The highest BCUT2D eigenvalue weighted by atomic mass is 16.7. The number of aliphatic carboxylic acids is 1. The molecule has 0 aromatic heterocycles. The molecule has 0 saturated carbocycles. The van der Waals surface area contributed by atoms with E-state index in [0.29, 0.717) is 24.8 Å². The molecule has 0 aliphatic heterocycles. The maximum Gasteiger partial charge on any atom is 0.510 e. The summed E-state index contributed by atoms with van der Waals surface area (Å²) in [5.41, 5.74) is -1.81. The van der Waals surface area contributed by atoms with Crippen LogP contribution in [-0.2, 0) is 30.3 Å². The number of benzene rings is 1. The molecule has 0 heterocycles. The van der Waals surface area contributed by atoms with Gasteiger partial charge in [-0.1, -0.05) is 66.4 Å². The number of carbonyl (C=O) groups excluding carboxylic acids is 3. The van der Waals surface area contributed by atoms with Gasteiger partial charge in [0, 0.05) is 25.3 Å². The molecule has 41 heavy (non-hydrogen) atoms. The van der Waals surface area contributed by atoms with Crippen molar-refractivity contribution < 1.29 is 43.2 Å². The fraction of sp³-hybridized carbons (Fsp3) is 0.677. The fourth-order valence-corrected chi connectivity index (χ4v) is 3.75. The van der Waals surface area contributed by atoms with Crippen molar-refractivity contribution in [1.82, 2.24) is 5.32 Å². The van der Waals surface area contributed by atoms with Crippen molar-refractivity contribution in [2.24, 2.45) is 5.92 Å². The van der Waals surface area contributed by atoms with Crippen LogP contribution < -0.4 is 14.8 Å². The Bertz CT molecular complexity index is 994. The predicted molar refractivity (Wildman–Crippen MR) is 155 cm³/mol. The van der Waals surface area contributed by atoms with Gasteiger partial charge in [0.1, 0.15) is 6.10 Å². The van der Waals surface area contributed by atoms with E-state index < -0.39 is 35.9 Å². The van der Waals surface area contributed by atoms with E-state index in [1.807, 2.05) is 34.6 Å². The van der Waals surface area contributed by atoms with E-state index in [1.54, 1.807) is 19.9 Å². The molecule has 10 nitrogen and oxygen atoms in total. The van der Waals surface area contributed by atoms with Crippen LogP contribution in [0.3, 0.4) is 0 Å². The molecule has 0 amide bonds. The van der Waals surface area contributed by atoms with Crippen molar-refractivity contribution in [3.63, 3.8) is 0 Å². The number of unbranched alkanes of at least 4 members (excludes halogenated alkanes) is 4. The Labute approximate surface area is 244 Å². The number of esters is 2. The van der Waals surface area contributed by atoms with Crippen LogP contribution >= 0.6 is 0 Å². The number of hydrogen-bond acceptors (Lipinski definition) is 9. The molecular formula is C31H49NO9. The SMILES string of the molecule is CCCCCC(=O)Oc1ccc(C[C@](NC(C)CC)(OC(=O)OC(C)C(C)C)C(=O)O)cc1OC(=O)CCCCC. The van der Waals surface area contributed by atoms with E-state index in [4.69, 9.17) is 18.9 Å². The van der Waals surface area contributed by atoms with Crippen LogP contribution in [0.4, 0.5) is 4.79 Å². The van der Waals surface area contributed by atoms with Crippen LogP contribution in [0, 0.1) is 5.92 Å². The number of carbonyl (C=O) groups is 4. The summed E-state index contributed by atoms with van der Waals surface area (Å²) in [5.74, 6) is -2.33. The van der Waals surface area contributed by atoms with Gasteiger partial charge in [0.25, 0.3) is 5.72 Å². The Balaban J connectivity index is 3.39. The zero-order chi connectivity index (χ0) is 31.0. The van der Waals surface area contributed by atoms with Crippen LogP contribution in [0.2, 0.25) is 0 Å². The first kappa shape index (κ1) is 35.9. The zero-order valence-electron chi connectivity index (χ0n) is 25.7. The first-order chi connectivity index (χ1) is 19.4.